The molecule has 4 aromatic rings. The number of nitrogens with two attached hydrogens (primary N) is 1. The monoisotopic (exact) mass is 484 g/mol. The zero-order chi connectivity index (χ0) is 25.1. The molecule has 3 N–H and O–H groups in total. The highest BCUT2D eigenvalue weighted by atomic mass is 16.5. The highest BCUT2D eigenvalue weighted by Gasteiger charge is 2.35. The minimum absolute atomic E-state index is 0.101. The Morgan fingerprint density at radius 2 is 1.89 bits per heavy atom. The van der Waals surface area contributed by atoms with Gasteiger partial charge in [-0.15, -0.1) is 0 Å². The largest absolute Gasteiger partial charge is 0.493 e. The number of pyridine rings is 1. The van der Waals surface area contributed by atoms with Crippen molar-refractivity contribution in [2.24, 2.45) is 10.8 Å². The molecule has 3 heterocycles. The molecular weight excluding hydrogens is 460 g/mol. The van der Waals surface area contributed by atoms with Crippen LogP contribution in [0.25, 0.3) is 5.65 Å². The van der Waals surface area contributed by atoms with Crippen molar-refractivity contribution in [3.63, 3.8) is 0 Å². The molecular formula is C26H24N6O4. The third-order valence-electron chi connectivity index (χ3n) is 5.73. The summed E-state index contributed by atoms with van der Waals surface area (Å²) < 4.78 is 13.3. The molecule has 0 bridgehead atoms. The van der Waals surface area contributed by atoms with E-state index in [1.165, 1.54) is 5.01 Å². The van der Waals surface area contributed by atoms with Gasteiger partial charge < -0.3 is 24.9 Å². The van der Waals surface area contributed by atoms with E-state index in [0.29, 0.717) is 22.9 Å². The van der Waals surface area contributed by atoms with Crippen LogP contribution in [-0.2, 0) is 16.2 Å². The molecule has 10 nitrogen and oxygen atoms in total. The van der Waals surface area contributed by atoms with Crippen molar-refractivity contribution in [3.8, 4) is 11.5 Å². The van der Waals surface area contributed by atoms with E-state index < -0.39 is 17.9 Å². The van der Waals surface area contributed by atoms with Gasteiger partial charge in [-0.3, -0.25) is 14.6 Å². The standard InChI is InChI=1S/C26H24N6O4/c1-35-22-11-10-17(13-23(22)36-16-18-15-31-12-6-5-9-24(31)28-18)29-26(34)20-14-21(25(27)33)32(30-20)19-7-3-2-4-8-19/h2-13,15,21H,14,16H2,1H3,(H2,27,33)(H,29,34)/t21-/m1/s1. The average molecular weight is 485 g/mol. The number of benzene rings is 2. The molecule has 1 aliphatic heterocycles. The molecule has 10 heteroatoms. The molecule has 2 aromatic heterocycles. The predicted octanol–water partition coefficient (Wildman–Crippen LogP) is 2.98. The molecule has 182 valence electrons. The summed E-state index contributed by atoms with van der Waals surface area (Å²) in [5, 5.41) is 8.68. The van der Waals surface area contributed by atoms with Gasteiger partial charge >= 0.3 is 0 Å². The van der Waals surface area contributed by atoms with Gasteiger partial charge in [-0.1, -0.05) is 24.3 Å². The van der Waals surface area contributed by atoms with Gasteiger partial charge in [0.2, 0.25) is 5.91 Å². The maximum atomic E-state index is 13.0. The fraction of sp³-hybridized carbons (Fsp3) is 0.154. The number of hydrogen-bond acceptors (Lipinski definition) is 7. The lowest BCUT2D eigenvalue weighted by Crippen LogP contribution is -2.39. The number of para-hydroxylation sites is 1. The molecule has 2 aromatic carbocycles. The zero-order valence-electron chi connectivity index (χ0n) is 19.5. The van der Waals surface area contributed by atoms with Gasteiger partial charge in [0.25, 0.3) is 5.91 Å². The maximum absolute atomic E-state index is 13.0. The number of imidazole rings is 1. The summed E-state index contributed by atoms with van der Waals surface area (Å²) in [4.78, 5) is 29.5. The molecule has 1 atom stereocenters. The zero-order valence-corrected chi connectivity index (χ0v) is 19.5. The third-order valence-corrected chi connectivity index (χ3v) is 5.73. The number of carbonyl (C=O) groups excluding carboxylic acids is 2. The number of nitrogens with zero attached hydrogens (tertiary/aromatic N) is 4. The third kappa shape index (κ3) is 4.69. The summed E-state index contributed by atoms with van der Waals surface area (Å²) in [6.45, 7) is 0.217. The smallest absolute Gasteiger partial charge is 0.271 e. The summed E-state index contributed by atoms with van der Waals surface area (Å²) in [6, 6.07) is 19.2. The van der Waals surface area contributed by atoms with E-state index in [2.05, 4.69) is 15.4 Å². The number of anilines is 2. The number of methoxy groups -OCH3 is 1. The van der Waals surface area contributed by atoms with Crippen LogP contribution in [-0.4, -0.2) is 40.1 Å². The summed E-state index contributed by atoms with van der Waals surface area (Å²) >= 11 is 0. The van der Waals surface area contributed by atoms with Gasteiger partial charge in [0, 0.05) is 30.6 Å². The van der Waals surface area contributed by atoms with Crippen molar-refractivity contribution in [1.29, 1.82) is 0 Å². The Labute approximate surface area is 206 Å². The van der Waals surface area contributed by atoms with Crippen LogP contribution >= 0.6 is 0 Å². The second-order valence-electron chi connectivity index (χ2n) is 8.16. The number of nitrogens with one attached hydrogen (secondary N) is 1. The fourth-order valence-corrected chi connectivity index (χ4v) is 3.97. The second-order valence-corrected chi connectivity index (χ2v) is 8.16. The first-order valence-electron chi connectivity index (χ1n) is 11.3. The maximum Gasteiger partial charge on any atom is 0.271 e. The Bertz CT molecular complexity index is 1420. The van der Waals surface area contributed by atoms with Crippen molar-refractivity contribution in [2.45, 2.75) is 19.1 Å². The predicted molar refractivity (Wildman–Crippen MR) is 135 cm³/mol. The highest BCUT2D eigenvalue weighted by Crippen LogP contribution is 2.31. The number of hydrogen-bond donors (Lipinski definition) is 2. The quantitative estimate of drug-likeness (QED) is 0.396. The van der Waals surface area contributed by atoms with Crippen molar-refractivity contribution >= 4 is 34.5 Å². The van der Waals surface area contributed by atoms with E-state index in [9.17, 15) is 9.59 Å². The van der Waals surface area contributed by atoms with E-state index in [0.717, 1.165) is 11.3 Å². The first kappa shape index (κ1) is 22.9. The van der Waals surface area contributed by atoms with E-state index in [1.807, 2.05) is 53.2 Å². The molecule has 0 fully saturated rings. The van der Waals surface area contributed by atoms with Gasteiger partial charge in [-0.2, -0.15) is 5.10 Å². The summed E-state index contributed by atoms with van der Waals surface area (Å²) in [5.41, 5.74) is 8.51. The molecule has 0 spiro atoms. The lowest BCUT2D eigenvalue weighted by molar-refractivity contribution is -0.119. The Morgan fingerprint density at radius 1 is 1.08 bits per heavy atom. The molecule has 0 unspecified atom stereocenters. The van der Waals surface area contributed by atoms with Crippen LogP contribution in [0, 0.1) is 0 Å². The number of rotatable bonds is 8. The summed E-state index contributed by atoms with van der Waals surface area (Å²) in [7, 11) is 1.54. The number of ether oxygens (including phenoxy) is 2. The lowest BCUT2D eigenvalue weighted by Gasteiger charge is -2.20. The van der Waals surface area contributed by atoms with Crippen LogP contribution in [0.2, 0.25) is 0 Å². The van der Waals surface area contributed by atoms with E-state index in [4.69, 9.17) is 15.2 Å². The van der Waals surface area contributed by atoms with E-state index in [-0.39, 0.29) is 18.7 Å². The van der Waals surface area contributed by atoms with Gasteiger partial charge in [0.1, 0.15) is 24.0 Å². The Morgan fingerprint density at radius 3 is 2.64 bits per heavy atom. The summed E-state index contributed by atoms with van der Waals surface area (Å²) in [5.74, 6) is -0.0331. The molecule has 0 saturated carbocycles. The lowest BCUT2D eigenvalue weighted by atomic mass is 10.1. The Kier molecular flexibility index (Phi) is 6.23. The number of fused-ring (bicyclic) bond motifs is 1. The molecule has 2 amide bonds. The van der Waals surface area contributed by atoms with Crippen molar-refractivity contribution < 1.29 is 19.1 Å². The van der Waals surface area contributed by atoms with E-state index in [1.54, 1.807) is 37.4 Å². The molecule has 0 radical (unpaired) electrons. The minimum Gasteiger partial charge on any atom is -0.493 e. The van der Waals surface area contributed by atoms with Crippen molar-refractivity contribution in [2.75, 3.05) is 17.4 Å². The molecule has 0 aliphatic carbocycles. The van der Waals surface area contributed by atoms with Crippen LogP contribution in [0.15, 0.2) is 84.2 Å². The fourth-order valence-electron chi connectivity index (χ4n) is 3.97. The second kappa shape index (κ2) is 9.79. The number of hydrazone groups is 1. The topological polar surface area (TPSA) is 124 Å². The molecule has 1 aliphatic rings. The van der Waals surface area contributed by atoms with Crippen molar-refractivity contribution in [3.05, 3.63) is 84.8 Å². The number of primary amides is 1. The van der Waals surface area contributed by atoms with Crippen LogP contribution in [0.5, 0.6) is 11.5 Å². The SMILES string of the molecule is COc1ccc(NC(=O)C2=NN(c3ccccc3)[C@@H](C(N)=O)C2)cc1OCc1cn2ccccc2n1. The average Bonchev–Trinajstić information content (AvgIpc) is 3.53. The van der Waals surface area contributed by atoms with Crippen LogP contribution in [0.1, 0.15) is 12.1 Å². The Balaban J connectivity index is 1.31. The van der Waals surface area contributed by atoms with Crippen LogP contribution < -0.4 is 25.5 Å². The number of amides is 2. The highest BCUT2D eigenvalue weighted by molar-refractivity contribution is 6.44. The van der Waals surface area contributed by atoms with Crippen LogP contribution in [0.4, 0.5) is 11.4 Å². The summed E-state index contributed by atoms with van der Waals surface area (Å²) in [6.07, 6.45) is 3.90. The number of carbonyl (C=O) groups is 2. The van der Waals surface area contributed by atoms with E-state index >= 15 is 0 Å². The van der Waals surface area contributed by atoms with Gasteiger partial charge in [-0.25, -0.2) is 4.98 Å². The van der Waals surface area contributed by atoms with Crippen LogP contribution in [0.3, 0.4) is 0 Å². The van der Waals surface area contributed by atoms with Crippen molar-refractivity contribution in [1.82, 2.24) is 9.38 Å². The minimum atomic E-state index is -0.742. The normalized spacial score (nSPS) is 15.0. The van der Waals surface area contributed by atoms with Gasteiger partial charge in [-0.05, 0) is 36.4 Å². The molecule has 5 rings (SSSR count). The van der Waals surface area contributed by atoms with Gasteiger partial charge in [0.05, 0.1) is 18.5 Å². The molecule has 36 heavy (non-hydrogen) atoms. The molecule has 0 saturated heterocycles. The number of aromatic nitrogens is 2. The Hall–Kier alpha value is -4.86. The first-order chi connectivity index (χ1) is 17.5. The first-order valence-corrected chi connectivity index (χ1v) is 11.3. The van der Waals surface area contributed by atoms with Gasteiger partial charge in [0.15, 0.2) is 11.5 Å².